The van der Waals surface area contributed by atoms with Crippen LogP contribution in [0.25, 0.3) is 0 Å². The minimum Gasteiger partial charge on any atom is -0.383 e. The van der Waals surface area contributed by atoms with Gasteiger partial charge in [0.2, 0.25) is 5.91 Å². The van der Waals surface area contributed by atoms with Gasteiger partial charge >= 0.3 is 0 Å². The van der Waals surface area contributed by atoms with Gasteiger partial charge in [0.05, 0.1) is 12.7 Å². The molecule has 0 radical (unpaired) electrons. The van der Waals surface area contributed by atoms with E-state index in [1.165, 1.54) is 0 Å². The van der Waals surface area contributed by atoms with Gasteiger partial charge in [-0.15, -0.1) is 0 Å². The van der Waals surface area contributed by atoms with Gasteiger partial charge in [0.25, 0.3) is 0 Å². The van der Waals surface area contributed by atoms with E-state index in [1.54, 1.807) is 7.11 Å². The largest absolute Gasteiger partial charge is 0.383 e. The molecule has 124 valence electrons. The van der Waals surface area contributed by atoms with Gasteiger partial charge in [-0.1, -0.05) is 13.8 Å². The standard InChI is InChI=1S/C15H31N3O3/c1-6-21-12-11-15(16,14(12,2)3)13(19)17-7-8-18(4)9-10-20-5/h12H,6-11,16H2,1-5H3,(H,17,19). The fraction of sp³-hybridized carbons (Fsp3) is 0.933. The number of hydrogen-bond donors (Lipinski definition) is 2. The third kappa shape index (κ3) is 3.94. The molecule has 0 heterocycles. The minimum absolute atomic E-state index is 0.0580. The fourth-order valence-corrected chi connectivity index (χ4v) is 2.70. The number of ether oxygens (including phenoxy) is 2. The van der Waals surface area contributed by atoms with Crippen molar-refractivity contribution in [2.24, 2.45) is 11.1 Å². The molecule has 0 saturated heterocycles. The Morgan fingerprint density at radius 3 is 2.62 bits per heavy atom. The van der Waals surface area contributed by atoms with Crippen LogP contribution in [-0.4, -0.2) is 69.5 Å². The van der Waals surface area contributed by atoms with E-state index in [0.717, 1.165) is 13.1 Å². The van der Waals surface area contributed by atoms with Crippen LogP contribution < -0.4 is 11.1 Å². The Bertz CT molecular complexity index is 349. The van der Waals surface area contributed by atoms with Gasteiger partial charge in [0.15, 0.2) is 0 Å². The SMILES string of the molecule is CCOC1CC(N)(C(=O)NCCN(C)CCOC)C1(C)C. The summed E-state index contributed by atoms with van der Waals surface area (Å²) < 4.78 is 10.7. The van der Waals surface area contributed by atoms with Crippen LogP contribution in [0.3, 0.4) is 0 Å². The summed E-state index contributed by atoms with van der Waals surface area (Å²) in [6.45, 7) is 9.51. The number of methoxy groups -OCH3 is 1. The highest BCUT2D eigenvalue weighted by atomic mass is 16.5. The van der Waals surface area contributed by atoms with E-state index < -0.39 is 5.54 Å². The molecule has 2 atom stereocenters. The maximum Gasteiger partial charge on any atom is 0.240 e. The number of hydrogen-bond acceptors (Lipinski definition) is 5. The molecule has 0 aromatic heterocycles. The summed E-state index contributed by atoms with van der Waals surface area (Å²) in [5.74, 6) is -0.0800. The van der Waals surface area contributed by atoms with Crippen LogP contribution in [0.2, 0.25) is 0 Å². The zero-order chi connectivity index (χ0) is 16.1. The summed E-state index contributed by atoms with van der Waals surface area (Å²) in [4.78, 5) is 14.5. The summed E-state index contributed by atoms with van der Waals surface area (Å²) in [5, 5.41) is 2.95. The smallest absolute Gasteiger partial charge is 0.240 e. The number of nitrogens with zero attached hydrogens (tertiary/aromatic N) is 1. The van der Waals surface area contributed by atoms with Crippen molar-refractivity contribution in [2.75, 3.05) is 47.0 Å². The second-order valence-corrected chi connectivity index (χ2v) is 6.39. The van der Waals surface area contributed by atoms with Crippen molar-refractivity contribution < 1.29 is 14.3 Å². The van der Waals surface area contributed by atoms with Crippen LogP contribution >= 0.6 is 0 Å². The Kier molecular flexibility index (Phi) is 6.59. The third-order valence-electron chi connectivity index (χ3n) is 4.69. The first kappa shape index (κ1) is 18.4. The molecule has 2 unspecified atom stereocenters. The second-order valence-electron chi connectivity index (χ2n) is 6.39. The molecule has 1 amide bonds. The average Bonchev–Trinajstić information content (AvgIpc) is 2.44. The Hall–Kier alpha value is -0.690. The van der Waals surface area contributed by atoms with Crippen LogP contribution in [0.1, 0.15) is 27.2 Å². The summed E-state index contributed by atoms with van der Waals surface area (Å²) >= 11 is 0. The predicted molar refractivity (Wildman–Crippen MR) is 83.1 cm³/mol. The van der Waals surface area contributed by atoms with Gasteiger partial charge in [-0.25, -0.2) is 0 Å². The highest BCUT2D eigenvalue weighted by molar-refractivity contribution is 5.88. The van der Waals surface area contributed by atoms with Crippen molar-refractivity contribution in [1.29, 1.82) is 0 Å². The topological polar surface area (TPSA) is 76.8 Å². The zero-order valence-electron chi connectivity index (χ0n) is 14.1. The van der Waals surface area contributed by atoms with Crippen molar-refractivity contribution in [3.05, 3.63) is 0 Å². The molecule has 1 rings (SSSR count). The Morgan fingerprint density at radius 1 is 1.43 bits per heavy atom. The van der Waals surface area contributed by atoms with Crippen molar-refractivity contribution in [1.82, 2.24) is 10.2 Å². The molecule has 1 fully saturated rings. The third-order valence-corrected chi connectivity index (χ3v) is 4.69. The van der Waals surface area contributed by atoms with Gasteiger partial charge in [-0.3, -0.25) is 4.79 Å². The number of carbonyl (C=O) groups is 1. The van der Waals surface area contributed by atoms with Crippen molar-refractivity contribution in [3.8, 4) is 0 Å². The highest BCUT2D eigenvalue weighted by Gasteiger charge is 2.62. The number of nitrogens with one attached hydrogen (secondary N) is 1. The van der Waals surface area contributed by atoms with Crippen LogP contribution in [0.4, 0.5) is 0 Å². The minimum atomic E-state index is -0.835. The second kappa shape index (κ2) is 7.54. The number of amides is 1. The lowest BCUT2D eigenvalue weighted by atomic mass is 9.54. The molecule has 0 aromatic carbocycles. The first-order valence-corrected chi connectivity index (χ1v) is 7.65. The molecule has 3 N–H and O–H groups in total. The molecule has 0 bridgehead atoms. The number of likely N-dealkylation sites (N-methyl/N-ethyl adjacent to an activating group) is 1. The van der Waals surface area contributed by atoms with Gasteiger partial charge < -0.3 is 25.4 Å². The fourth-order valence-electron chi connectivity index (χ4n) is 2.70. The normalized spacial score (nSPS) is 27.5. The lowest BCUT2D eigenvalue weighted by Crippen LogP contribution is -2.75. The molecule has 6 heteroatoms. The van der Waals surface area contributed by atoms with E-state index in [-0.39, 0.29) is 17.4 Å². The van der Waals surface area contributed by atoms with Crippen molar-refractivity contribution in [3.63, 3.8) is 0 Å². The lowest BCUT2D eigenvalue weighted by molar-refractivity contribution is -0.170. The molecule has 1 aliphatic rings. The maximum absolute atomic E-state index is 12.4. The summed E-state index contributed by atoms with van der Waals surface area (Å²) in [5.41, 5.74) is 5.14. The van der Waals surface area contributed by atoms with E-state index in [9.17, 15) is 4.79 Å². The van der Waals surface area contributed by atoms with Gasteiger partial charge in [-0.2, -0.15) is 0 Å². The summed E-state index contributed by atoms with van der Waals surface area (Å²) in [6.07, 6.45) is 0.641. The predicted octanol–water partition coefficient (Wildman–Crippen LogP) is 0.213. The zero-order valence-corrected chi connectivity index (χ0v) is 14.1. The van der Waals surface area contributed by atoms with Crippen LogP contribution in [0.5, 0.6) is 0 Å². The Morgan fingerprint density at radius 2 is 2.10 bits per heavy atom. The van der Waals surface area contributed by atoms with Crippen LogP contribution in [0, 0.1) is 5.41 Å². The van der Waals surface area contributed by atoms with E-state index >= 15 is 0 Å². The molecule has 0 spiro atoms. The van der Waals surface area contributed by atoms with E-state index in [0.29, 0.717) is 26.2 Å². The highest BCUT2D eigenvalue weighted by Crippen LogP contribution is 2.49. The van der Waals surface area contributed by atoms with E-state index in [1.807, 2.05) is 27.8 Å². The molecule has 1 aliphatic carbocycles. The molecule has 0 aromatic rings. The van der Waals surface area contributed by atoms with E-state index in [4.69, 9.17) is 15.2 Å². The molecule has 21 heavy (non-hydrogen) atoms. The van der Waals surface area contributed by atoms with E-state index in [2.05, 4.69) is 10.2 Å². The quantitative estimate of drug-likeness (QED) is 0.637. The van der Waals surface area contributed by atoms with Crippen molar-refractivity contribution >= 4 is 5.91 Å². The maximum atomic E-state index is 12.4. The van der Waals surface area contributed by atoms with Crippen molar-refractivity contribution in [2.45, 2.75) is 38.8 Å². The number of nitrogens with two attached hydrogens (primary N) is 1. The number of rotatable bonds is 9. The van der Waals surface area contributed by atoms with Crippen LogP contribution in [-0.2, 0) is 14.3 Å². The van der Waals surface area contributed by atoms with Crippen LogP contribution in [0.15, 0.2) is 0 Å². The lowest BCUT2D eigenvalue weighted by Gasteiger charge is -2.57. The summed E-state index contributed by atoms with van der Waals surface area (Å²) in [7, 11) is 3.68. The Balaban J connectivity index is 2.39. The molecule has 0 aliphatic heterocycles. The summed E-state index contributed by atoms with van der Waals surface area (Å²) in [6, 6.07) is 0. The first-order valence-electron chi connectivity index (χ1n) is 7.65. The Labute approximate surface area is 128 Å². The molecular formula is C15H31N3O3. The first-order chi connectivity index (χ1) is 9.79. The monoisotopic (exact) mass is 301 g/mol. The average molecular weight is 301 g/mol. The molecular weight excluding hydrogens is 270 g/mol. The molecule has 6 nitrogen and oxygen atoms in total. The number of carbonyl (C=O) groups excluding carboxylic acids is 1. The van der Waals surface area contributed by atoms with Gasteiger partial charge in [0.1, 0.15) is 5.54 Å². The van der Waals surface area contributed by atoms with Gasteiger partial charge in [0, 0.05) is 45.2 Å². The van der Waals surface area contributed by atoms with Gasteiger partial charge in [-0.05, 0) is 14.0 Å². The molecule has 1 saturated carbocycles.